The number of rotatable bonds is 4. The van der Waals surface area contributed by atoms with Crippen LogP contribution in [0.4, 0.5) is 13.2 Å². The van der Waals surface area contributed by atoms with Crippen molar-refractivity contribution in [3.63, 3.8) is 0 Å². The quantitative estimate of drug-likeness (QED) is 0.471. The van der Waals surface area contributed by atoms with Crippen LogP contribution in [0.25, 0.3) is 15.7 Å². The van der Waals surface area contributed by atoms with E-state index in [1.54, 1.807) is 38.4 Å². The third kappa shape index (κ3) is 3.98. The summed E-state index contributed by atoms with van der Waals surface area (Å²) in [4.78, 5) is 12.0. The van der Waals surface area contributed by atoms with E-state index in [4.69, 9.17) is 0 Å². The van der Waals surface area contributed by atoms with Crippen LogP contribution >= 0.6 is 11.3 Å². The van der Waals surface area contributed by atoms with E-state index < -0.39 is 17.5 Å². The monoisotopic (exact) mass is 340 g/mol. The summed E-state index contributed by atoms with van der Waals surface area (Å²) in [5, 5.41) is 7.13. The van der Waals surface area contributed by atoms with Crippen molar-refractivity contribution in [3.8, 4) is 0 Å². The van der Waals surface area contributed by atoms with Gasteiger partial charge in [0, 0.05) is 35.8 Å². The highest BCUT2D eigenvalue weighted by molar-refractivity contribution is 7.17. The Labute approximate surface area is 135 Å². The normalized spacial score (nSPS) is 13.5. The summed E-state index contributed by atoms with van der Waals surface area (Å²) in [5.74, 6) is -0.763. The van der Waals surface area contributed by atoms with Crippen molar-refractivity contribution in [2.45, 2.75) is 13.1 Å². The number of alkyl halides is 3. The number of benzene rings is 1. The van der Waals surface area contributed by atoms with Gasteiger partial charge in [0.25, 0.3) is 0 Å². The van der Waals surface area contributed by atoms with Crippen molar-refractivity contribution in [1.29, 1.82) is 0 Å². The Morgan fingerprint density at radius 2 is 1.91 bits per heavy atom. The Balaban J connectivity index is 2.55. The molecule has 7 heteroatoms. The highest BCUT2D eigenvalue weighted by Crippen LogP contribution is 2.39. The zero-order valence-electron chi connectivity index (χ0n) is 12.8. The van der Waals surface area contributed by atoms with Gasteiger partial charge in [0.2, 0.25) is 5.78 Å². The van der Waals surface area contributed by atoms with Crippen LogP contribution in [0.2, 0.25) is 0 Å². The average molecular weight is 340 g/mol. The Kier molecular flexibility index (Phi) is 4.89. The van der Waals surface area contributed by atoms with Gasteiger partial charge in [-0.15, -0.1) is 11.3 Å². The lowest BCUT2D eigenvalue weighted by Gasteiger charge is -2.11. The molecule has 0 fully saturated rings. The van der Waals surface area contributed by atoms with E-state index >= 15 is 0 Å². The molecule has 0 bridgehead atoms. The first-order valence-electron chi connectivity index (χ1n) is 6.72. The molecule has 0 amide bonds. The fourth-order valence-corrected chi connectivity index (χ4v) is 3.04. The van der Waals surface area contributed by atoms with Crippen molar-refractivity contribution in [1.82, 2.24) is 5.01 Å². The molecule has 2 rings (SSSR count). The first-order chi connectivity index (χ1) is 10.7. The lowest BCUT2D eigenvalue weighted by Crippen LogP contribution is -2.17. The van der Waals surface area contributed by atoms with Crippen molar-refractivity contribution in [2.75, 3.05) is 14.1 Å². The van der Waals surface area contributed by atoms with E-state index in [1.807, 2.05) is 0 Å². The number of carbonyl (C=O) groups excluding carboxylic acids is 1. The number of hydrazone groups is 1. The van der Waals surface area contributed by atoms with E-state index in [2.05, 4.69) is 5.10 Å². The zero-order chi connectivity index (χ0) is 17.2. The van der Waals surface area contributed by atoms with Crippen molar-refractivity contribution >= 4 is 38.5 Å². The number of thiophene rings is 1. The molecule has 1 heterocycles. The molecule has 23 heavy (non-hydrogen) atoms. The van der Waals surface area contributed by atoms with Crippen LogP contribution in [0.1, 0.15) is 12.5 Å². The molecule has 0 aliphatic heterocycles. The van der Waals surface area contributed by atoms with E-state index in [-0.39, 0.29) is 11.3 Å². The second kappa shape index (κ2) is 6.54. The van der Waals surface area contributed by atoms with E-state index in [9.17, 15) is 18.0 Å². The predicted molar refractivity (Wildman–Crippen MR) is 87.7 cm³/mol. The van der Waals surface area contributed by atoms with E-state index in [0.29, 0.717) is 11.5 Å². The van der Waals surface area contributed by atoms with Crippen LogP contribution in [-0.2, 0) is 4.79 Å². The maximum absolute atomic E-state index is 13.4. The topological polar surface area (TPSA) is 32.7 Å². The molecule has 0 unspecified atom stereocenters. The summed E-state index contributed by atoms with van der Waals surface area (Å²) in [7, 11) is 3.19. The maximum Gasteiger partial charge on any atom is 0.417 e. The number of allylic oxidation sites excluding steroid dienone is 2. The summed E-state index contributed by atoms with van der Waals surface area (Å²) >= 11 is 1.21. The lowest BCUT2D eigenvalue weighted by atomic mass is 10.0. The number of fused-ring (bicyclic) bond motifs is 1. The number of nitrogens with zero attached hydrogens (tertiary/aromatic N) is 2. The molecule has 1 aromatic heterocycles. The minimum Gasteiger partial charge on any atom is -0.303 e. The molecular formula is C16H15F3N2OS. The van der Waals surface area contributed by atoms with Gasteiger partial charge in [-0.05, 0) is 18.4 Å². The third-order valence-electron chi connectivity index (χ3n) is 3.06. The minimum atomic E-state index is -4.63. The molecule has 3 nitrogen and oxygen atoms in total. The Morgan fingerprint density at radius 1 is 1.26 bits per heavy atom. The number of hydrogen-bond acceptors (Lipinski definition) is 4. The number of ketones is 1. The van der Waals surface area contributed by atoms with E-state index in [0.717, 1.165) is 4.70 Å². The molecular weight excluding hydrogens is 325 g/mol. The van der Waals surface area contributed by atoms with Gasteiger partial charge in [0.15, 0.2) is 0 Å². The van der Waals surface area contributed by atoms with Gasteiger partial charge in [-0.2, -0.15) is 18.3 Å². The Hall–Kier alpha value is -2.15. The van der Waals surface area contributed by atoms with Gasteiger partial charge >= 0.3 is 6.18 Å². The second-order valence-corrected chi connectivity index (χ2v) is 6.01. The van der Waals surface area contributed by atoms with Crippen molar-refractivity contribution < 1.29 is 18.0 Å². The van der Waals surface area contributed by atoms with Crippen LogP contribution in [0, 0.1) is 0 Å². The van der Waals surface area contributed by atoms with E-state index in [1.165, 1.54) is 28.6 Å². The zero-order valence-corrected chi connectivity index (χ0v) is 13.6. The van der Waals surface area contributed by atoms with Crippen LogP contribution < -0.4 is 0 Å². The van der Waals surface area contributed by atoms with Gasteiger partial charge in [-0.1, -0.05) is 18.2 Å². The van der Waals surface area contributed by atoms with Gasteiger partial charge in [-0.25, -0.2) is 0 Å². The molecule has 0 saturated heterocycles. The molecule has 2 aromatic rings. The Morgan fingerprint density at radius 3 is 2.52 bits per heavy atom. The SMILES string of the molecule is C/C(=N\N(C)C)C(=O)/C=C(\c1csc2ccccc12)C(F)(F)F. The third-order valence-corrected chi connectivity index (χ3v) is 4.02. The largest absolute Gasteiger partial charge is 0.417 e. The van der Waals surface area contributed by atoms with Crippen LogP contribution in [0.5, 0.6) is 0 Å². The molecule has 0 aliphatic carbocycles. The molecule has 0 saturated carbocycles. The highest BCUT2D eigenvalue weighted by atomic mass is 32.1. The van der Waals surface area contributed by atoms with Gasteiger partial charge in [0.05, 0.1) is 5.57 Å². The molecule has 122 valence electrons. The van der Waals surface area contributed by atoms with Gasteiger partial charge in [-0.3, -0.25) is 4.79 Å². The molecule has 0 N–H and O–H groups in total. The maximum atomic E-state index is 13.4. The molecule has 1 aromatic carbocycles. The predicted octanol–water partition coefficient (Wildman–Crippen LogP) is 4.35. The Bertz CT molecular complexity index is 788. The highest BCUT2D eigenvalue weighted by Gasteiger charge is 2.36. The summed E-state index contributed by atoms with van der Waals surface area (Å²) in [6.07, 6.45) is -4.01. The number of carbonyl (C=O) groups is 1. The van der Waals surface area contributed by atoms with Gasteiger partial charge < -0.3 is 5.01 Å². The van der Waals surface area contributed by atoms with Crippen LogP contribution in [0.3, 0.4) is 0 Å². The fraction of sp³-hybridized carbons (Fsp3) is 0.250. The first kappa shape index (κ1) is 17.2. The van der Waals surface area contributed by atoms with Crippen LogP contribution in [0.15, 0.2) is 40.8 Å². The number of halogens is 3. The van der Waals surface area contributed by atoms with Gasteiger partial charge in [0.1, 0.15) is 5.71 Å². The first-order valence-corrected chi connectivity index (χ1v) is 7.60. The lowest BCUT2D eigenvalue weighted by molar-refractivity contribution is -0.109. The molecule has 0 spiro atoms. The summed E-state index contributed by atoms with van der Waals surface area (Å²) in [5.41, 5.74) is -0.936. The summed E-state index contributed by atoms with van der Waals surface area (Å²) < 4.78 is 41.0. The minimum absolute atomic E-state index is 0.00344. The average Bonchev–Trinajstić information content (AvgIpc) is 2.86. The summed E-state index contributed by atoms with van der Waals surface area (Å²) in [6, 6.07) is 6.80. The summed E-state index contributed by atoms with van der Waals surface area (Å²) in [6.45, 7) is 1.39. The standard InChI is InChI=1S/C16H15F3N2OS/c1-10(20-21(2)3)14(22)8-13(16(17,18)19)12-9-23-15-7-5-4-6-11(12)15/h4-9H,1-3H3/b13-8+,20-10+. The smallest absolute Gasteiger partial charge is 0.303 e. The van der Waals surface area contributed by atoms with Crippen molar-refractivity contribution in [2.24, 2.45) is 5.10 Å². The molecule has 0 aliphatic rings. The fourth-order valence-electron chi connectivity index (χ4n) is 2.08. The number of hydrogen-bond donors (Lipinski definition) is 0. The second-order valence-electron chi connectivity index (χ2n) is 5.10. The molecule has 0 atom stereocenters. The van der Waals surface area contributed by atoms with Crippen molar-refractivity contribution in [3.05, 3.63) is 41.3 Å². The van der Waals surface area contributed by atoms with Crippen LogP contribution in [-0.4, -0.2) is 36.8 Å². The molecule has 0 radical (unpaired) electrons.